The molecule has 1 aliphatic carbocycles. The van der Waals surface area contributed by atoms with E-state index in [0.717, 1.165) is 62.8 Å². The Morgan fingerprint density at radius 3 is 0.981 bits per heavy atom. The maximum absolute atomic E-state index is 12.6. The molecule has 1 saturated carbocycles. The Kier molecular flexibility index (Phi) is 68.1. The normalized spacial score (nSPS) is 14.0. The van der Waals surface area contributed by atoms with E-state index in [4.69, 9.17) is 135 Å². The third kappa shape index (κ3) is 58.9. The number of aromatic nitrogens is 4. The van der Waals surface area contributed by atoms with Crippen molar-refractivity contribution in [3.05, 3.63) is 16.3 Å². The fourth-order valence-corrected chi connectivity index (χ4v) is 9.81. The molecular formula is C71H133N9O26. The van der Waals surface area contributed by atoms with Crippen LogP contribution in [0.25, 0.3) is 21.5 Å². The van der Waals surface area contributed by atoms with Gasteiger partial charge in [-0.1, -0.05) is 18.5 Å². The van der Waals surface area contributed by atoms with Gasteiger partial charge in [-0.15, -0.1) is 10.2 Å². The highest BCUT2D eigenvalue weighted by molar-refractivity contribution is 5.88. The molecule has 0 saturated heterocycles. The molecule has 0 unspecified atom stereocenters. The van der Waals surface area contributed by atoms with Gasteiger partial charge in [0, 0.05) is 37.4 Å². The third-order valence-corrected chi connectivity index (χ3v) is 15.3. The molecule has 0 radical (unpaired) electrons. The van der Waals surface area contributed by atoms with Gasteiger partial charge in [0.15, 0.2) is 5.82 Å². The summed E-state index contributed by atoms with van der Waals surface area (Å²) in [5, 5.41) is 14.9. The van der Waals surface area contributed by atoms with Crippen LogP contribution in [-0.4, -0.2) is 362 Å². The molecule has 1 aliphatic rings. The maximum atomic E-state index is 12.6. The topological polar surface area (TPSA) is 378 Å². The van der Waals surface area contributed by atoms with E-state index in [2.05, 4.69) is 37.0 Å². The van der Waals surface area contributed by atoms with Crippen LogP contribution in [0.2, 0.25) is 0 Å². The zero-order valence-corrected chi connectivity index (χ0v) is 64.3. The summed E-state index contributed by atoms with van der Waals surface area (Å²) < 4.78 is 141. The number of anilines is 1. The fourth-order valence-electron chi connectivity index (χ4n) is 9.81. The Labute approximate surface area is 628 Å². The number of carbonyl (C=O) groups is 1. The summed E-state index contributed by atoms with van der Waals surface area (Å²) in [6.45, 7) is 30.4. The summed E-state index contributed by atoms with van der Waals surface area (Å²) in [5.74, 6) is 2.78. The number of nitrogens with two attached hydrogens (primary N) is 1. The van der Waals surface area contributed by atoms with Gasteiger partial charge in [0.1, 0.15) is 16.9 Å². The second-order valence-electron chi connectivity index (χ2n) is 24.1. The minimum Gasteiger partial charge on any atom is -0.472 e. The van der Waals surface area contributed by atoms with Crippen molar-refractivity contribution in [3.63, 3.8) is 0 Å². The van der Waals surface area contributed by atoms with E-state index in [-0.39, 0.29) is 12.0 Å². The van der Waals surface area contributed by atoms with Gasteiger partial charge < -0.3 is 134 Å². The molecule has 1 amide bonds. The van der Waals surface area contributed by atoms with Gasteiger partial charge in [0.05, 0.1) is 323 Å². The first-order valence-corrected chi connectivity index (χ1v) is 38.2. The van der Waals surface area contributed by atoms with Gasteiger partial charge in [-0.25, -0.2) is 4.98 Å². The van der Waals surface area contributed by atoms with Gasteiger partial charge in [0.25, 0.3) is 5.88 Å². The first-order valence-electron chi connectivity index (χ1n) is 38.2. The minimum absolute atomic E-state index is 0.00752. The quantitative estimate of drug-likeness (QED) is 0.0396. The van der Waals surface area contributed by atoms with Crippen LogP contribution in [0.15, 0.2) is 5.11 Å². The van der Waals surface area contributed by atoms with E-state index in [9.17, 15) is 4.79 Å². The number of rotatable bonds is 84. The average molecular weight is 1530 g/mol. The Balaban J connectivity index is 0.881. The molecule has 3 rings (SSSR count). The van der Waals surface area contributed by atoms with E-state index in [1.807, 2.05) is 13.8 Å². The van der Waals surface area contributed by atoms with Gasteiger partial charge >= 0.3 is 0 Å². The van der Waals surface area contributed by atoms with Crippen LogP contribution < -0.4 is 15.8 Å². The van der Waals surface area contributed by atoms with Crippen molar-refractivity contribution < 1.29 is 123 Å². The summed E-state index contributed by atoms with van der Waals surface area (Å²) in [6, 6.07) is 0. The highest BCUT2D eigenvalue weighted by atomic mass is 16.6. The van der Waals surface area contributed by atoms with E-state index in [1.165, 1.54) is 0 Å². The number of carbonyl (C=O) groups excluding carboxylic acids is 1. The number of imidazole rings is 1. The van der Waals surface area contributed by atoms with E-state index >= 15 is 0 Å². The lowest BCUT2D eigenvalue weighted by Gasteiger charge is -2.29. The molecule has 2 aromatic heterocycles. The predicted octanol–water partition coefficient (Wildman–Crippen LogP) is 4.56. The maximum Gasteiger partial charge on any atom is 0.260 e. The van der Waals surface area contributed by atoms with Crippen LogP contribution >= 0.6 is 0 Å². The summed E-state index contributed by atoms with van der Waals surface area (Å²) in [4.78, 5) is 20.1. The summed E-state index contributed by atoms with van der Waals surface area (Å²) >= 11 is 0. The minimum atomic E-state index is -0.0482. The number of hydrogen-bond acceptors (Lipinski definition) is 31. The van der Waals surface area contributed by atoms with Gasteiger partial charge in [-0.05, 0) is 63.3 Å². The molecule has 0 aromatic carbocycles. The van der Waals surface area contributed by atoms with Crippen molar-refractivity contribution in [1.29, 1.82) is 0 Å². The highest BCUT2D eigenvalue weighted by Gasteiger charge is 2.26. The highest BCUT2D eigenvalue weighted by Crippen LogP contribution is 2.34. The lowest BCUT2D eigenvalue weighted by Crippen LogP contribution is -2.32. The molecule has 35 nitrogen and oxygen atoms in total. The number of unbranched alkanes of at least 4 members (excludes halogenated alkanes) is 1. The number of nitrogen functional groups attached to an aromatic ring is 1. The molecule has 0 spiro atoms. The number of hydrogen-bond donors (Lipinski definition) is 2. The predicted molar refractivity (Wildman–Crippen MR) is 391 cm³/mol. The molecule has 35 heteroatoms. The number of fused-ring (bicyclic) bond motifs is 1. The molecule has 2 aromatic rings. The third-order valence-electron chi connectivity index (χ3n) is 15.3. The van der Waals surface area contributed by atoms with Crippen molar-refractivity contribution in [1.82, 2.24) is 25.1 Å². The second kappa shape index (κ2) is 75.0. The van der Waals surface area contributed by atoms with E-state index < -0.39 is 0 Å². The Bertz CT molecular complexity index is 2290. The standard InChI is InChI=1S/C71H133N9O26/c1-4-5-6-66-76-68-69(71(106-63(2)3)78-77-70(68)72)80(66)62-65-9-7-64(8-10-65)61-74-67(81)11-13-82-15-17-84-19-21-86-23-25-88-27-29-90-31-33-92-35-37-94-39-41-96-43-45-98-47-49-100-51-53-102-55-57-104-59-60-105-58-56-103-54-52-101-50-48-99-46-44-97-42-40-95-38-36-93-34-32-91-30-28-89-26-24-87-22-20-85-18-16-83-14-12-75-79-73/h63-65H,4-62H2,1-3H3,(H2,72,77)(H,74,81)/t64-,65-. The molecule has 0 aliphatic heterocycles. The van der Waals surface area contributed by atoms with Crippen LogP contribution in [0.3, 0.4) is 0 Å². The smallest absolute Gasteiger partial charge is 0.260 e. The lowest BCUT2D eigenvalue weighted by molar-refractivity contribution is -0.122. The van der Waals surface area contributed by atoms with Gasteiger partial charge in [0.2, 0.25) is 5.91 Å². The molecule has 106 heavy (non-hydrogen) atoms. The SMILES string of the molecule is CCCCc1nc2c(N)nnc(OC(C)C)c2n1C[C@H]1CC[C@H](CNC(=O)CCOCCOCCOCCOCCOCCOCCOCCOCCOCCOCCOCCOCCOCCOCCOCCOCCOCCOCCOCCOCCOCCOCCOCCOCCN=[N+]=[N-])CC1. The van der Waals surface area contributed by atoms with Crippen molar-refractivity contribution in [2.75, 3.05) is 336 Å². The van der Waals surface area contributed by atoms with Gasteiger partial charge in [-0.2, -0.15) is 0 Å². The number of aryl methyl sites for hydroxylation is 1. The van der Waals surface area contributed by atoms with E-state index in [1.54, 1.807) is 0 Å². The van der Waals surface area contributed by atoms with Crippen molar-refractivity contribution in [2.24, 2.45) is 17.0 Å². The van der Waals surface area contributed by atoms with Crippen molar-refractivity contribution in [3.8, 4) is 5.88 Å². The first kappa shape index (κ1) is 96.2. The molecule has 3 N–H and O–H groups in total. The molecule has 0 bridgehead atoms. The number of ether oxygens (including phenoxy) is 25. The zero-order chi connectivity index (χ0) is 75.4. The summed E-state index contributed by atoms with van der Waals surface area (Å²) in [6.07, 6.45) is 7.51. The monoisotopic (exact) mass is 1530 g/mol. The van der Waals surface area contributed by atoms with Crippen molar-refractivity contribution >= 4 is 22.8 Å². The Hall–Kier alpha value is -4.03. The van der Waals surface area contributed by atoms with Crippen LogP contribution in [0.5, 0.6) is 5.88 Å². The van der Waals surface area contributed by atoms with Gasteiger partial charge in [-0.3, -0.25) is 4.79 Å². The van der Waals surface area contributed by atoms with Crippen LogP contribution in [0.4, 0.5) is 5.82 Å². The number of azide groups is 1. The average Bonchev–Trinajstić information content (AvgIpc) is 1.62. The fraction of sp³-hybridized carbons (Fsp3) is 0.915. The lowest BCUT2D eigenvalue weighted by atomic mass is 9.82. The zero-order valence-electron chi connectivity index (χ0n) is 64.3. The molecular weight excluding hydrogens is 1390 g/mol. The largest absolute Gasteiger partial charge is 0.472 e. The molecule has 0 atom stereocenters. The molecule has 1 fully saturated rings. The van der Waals surface area contributed by atoms with Crippen LogP contribution in [0, 0.1) is 11.8 Å². The second-order valence-corrected chi connectivity index (χ2v) is 24.1. The Morgan fingerprint density at radius 1 is 0.434 bits per heavy atom. The van der Waals surface area contributed by atoms with Crippen LogP contribution in [-0.2, 0) is 131 Å². The van der Waals surface area contributed by atoms with Crippen molar-refractivity contribution in [2.45, 2.75) is 84.8 Å². The molecule has 2 heterocycles. The Morgan fingerprint density at radius 2 is 0.708 bits per heavy atom. The summed E-state index contributed by atoms with van der Waals surface area (Å²) in [5.41, 5.74) is 15.9. The first-order chi connectivity index (χ1) is 52.4. The van der Waals surface area contributed by atoms with Crippen LogP contribution in [0.1, 0.15) is 71.5 Å². The number of amides is 1. The summed E-state index contributed by atoms with van der Waals surface area (Å²) in [7, 11) is 0. The molecule has 618 valence electrons. The number of nitrogens with one attached hydrogen (secondary N) is 1. The van der Waals surface area contributed by atoms with E-state index in [0.29, 0.717) is 366 Å². The number of nitrogens with zero attached hydrogens (tertiary/aromatic N) is 7.